The topological polar surface area (TPSA) is 181 Å². The summed E-state index contributed by atoms with van der Waals surface area (Å²) in [6, 6.07) is -2.32. The Morgan fingerprint density at radius 1 is 0.674 bits per heavy atom. The molecule has 0 unspecified atom stereocenters. The highest BCUT2D eigenvalue weighted by Gasteiger charge is 2.23. The van der Waals surface area contributed by atoms with E-state index in [1.165, 1.54) is 57.8 Å². The van der Waals surface area contributed by atoms with Gasteiger partial charge < -0.3 is 20.8 Å². The standard InChI is InChI=1S/C34H59N5O7/c1-3-5-6-7-8-9-10-11-12-13-14-15-16-20-31(41)36-30(34(45)46)23-24-32(42)35-29(33(43)44)19-17-18-25-39-26-27(37-38-39)21-22-28(40)4-2/h26,29-30H,3-25H2,1-2H3,(H,35,42)(H,36,41)(H,43,44)(H,45,46)/t29-,30-/m0/s1. The maximum absolute atomic E-state index is 12.4. The van der Waals surface area contributed by atoms with Crippen molar-refractivity contribution in [3.63, 3.8) is 0 Å². The average Bonchev–Trinajstić information content (AvgIpc) is 3.49. The lowest BCUT2D eigenvalue weighted by Gasteiger charge is -2.17. The maximum atomic E-state index is 12.4. The van der Waals surface area contributed by atoms with Gasteiger partial charge in [0.2, 0.25) is 11.8 Å². The van der Waals surface area contributed by atoms with Crippen molar-refractivity contribution in [3.8, 4) is 0 Å². The average molecular weight is 650 g/mol. The van der Waals surface area contributed by atoms with Gasteiger partial charge in [0.25, 0.3) is 0 Å². The number of carbonyl (C=O) groups excluding carboxylic acids is 3. The van der Waals surface area contributed by atoms with Gasteiger partial charge in [0, 0.05) is 38.4 Å². The van der Waals surface area contributed by atoms with E-state index in [0.717, 1.165) is 25.0 Å². The lowest BCUT2D eigenvalue weighted by molar-refractivity contribution is -0.143. The summed E-state index contributed by atoms with van der Waals surface area (Å²) in [5, 5.41) is 32.1. The third-order valence-electron chi connectivity index (χ3n) is 8.20. The summed E-state index contributed by atoms with van der Waals surface area (Å²) in [7, 11) is 0. The van der Waals surface area contributed by atoms with E-state index in [1.54, 1.807) is 10.9 Å². The fourth-order valence-electron chi connectivity index (χ4n) is 5.26. The van der Waals surface area contributed by atoms with Crippen molar-refractivity contribution in [1.29, 1.82) is 0 Å². The van der Waals surface area contributed by atoms with Crippen LogP contribution in [0.5, 0.6) is 0 Å². The molecule has 12 nitrogen and oxygen atoms in total. The van der Waals surface area contributed by atoms with Crippen LogP contribution in [0.3, 0.4) is 0 Å². The van der Waals surface area contributed by atoms with E-state index in [9.17, 15) is 34.2 Å². The number of carboxylic acid groups (broad SMARTS) is 2. The molecule has 0 fully saturated rings. The molecule has 262 valence electrons. The minimum Gasteiger partial charge on any atom is -0.480 e. The highest BCUT2D eigenvalue weighted by molar-refractivity contribution is 5.86. The van der Waals surface area contributed by atoms with Gasteiger partial charge in [-0.25, -0.2) is 9.59 Å². The third kappa shape index (κ3) is 20.7. The van der Waals surface area contributed by atoms with Gasteiger partial charge in [0.1, 0.15) is 17.9 Å². The largest absolute Gasteiger partial charge is 0.480 e. The van der Waals surface area contributed by atoms with Crippen LogP contribution in [-0.4, -0.2) is 66.8 Å². The van der Waals surface area contributed by atoms with Gasteiger partial charge >= 0.3 is 11.9 Å². The first-order chi connectivity index (χ1) is 22.2. The summed E-state index contributed by atoms with van der Waals surface area (Å²) in [6.07, 6.45) is 20.0. The number of unbranched alkanes of at least 4 members (excludes halogenated alkanes) is 13. The summed E-state index contributed by atoms with van der Waals surface area (Å²) >= 11 is 0. The summed E-state index contributed by atoms with van der Waals surface area (Å²) in [4.78, 5) is 59.6. The molecule has 0 saturated heterocycles. The predicted molar refractivity (Wildman–Crippen MR) is 176 cm³/mol. The van der Waals surface area contributed by atoms with Crippen molar-refractivity contribution in [2.24, 2.45) is 0 Å². The summed E-state index contributed by atoms with van der Waals surface area (Å²) in [6.45, 7) is 4.57. The van der Waals surface area contributed by atoms with Crippen LogP contribution < -0.4 is 10.6 Å². The second kappa shape index (κ2) is 25.8. The zero-order valence-corrected chi connectivity index (χ0v) is 28.3. The Hall–Kier alpha value is -3.31. The monoisotopic (exact) mass is 649 g/mol. The molecular weight excluding hydrogens is 590 g/mol. The van der Waals surface area contributed by atoms with E-state index >= 15 is 0 Å². The minimum absolute atomic E-state index is 0.129. The molecule has 0 aliphatic carbocycles. The van der Waals surface area contributed by atoms with Gasteiger partial charge in [-0.05, 0) is 38.5 Å². The number of carbonyl (C=O) groups is 5. The van der Waals surface area contributed by atoms with E-state index in [2.05, 4.69) is 27.9 Å². The van der Waals surface area contributed by atoms with Crippen molar-refractivity contribution < 1.29 is 34.2 Å². The smallest absolute Gasteiger partial charge is 0.326 e. The van der Waals surface area contributed by atoms with E-state index < -0.39 is 29.9 Å². The lowest BCUT2D eigenvalue weighted by Crippen LogP contribution is -2.43. The third-order valence-corrected chi connectivity index (χ3v) is 8.20. The van der Waals surface area contributed by atoms with Crippen molar-refractivity contribution >= 4 is 29.5 Å². The zero-order chi connectivity index (χ0) is 34.0. The van der Waals surface area contributed by atoms with Gasteiger partial charge in [-0.1, -0.05) is 96.1 Å². The van der Waals surface area contributed by atoms with Crippen LogP contribution in [0.4, 0.5) is 0 Å². The Morgan fingerprint density at radius 3 is 1.74 bits per heavy atom. The number of nitrogens with zero attached hydrogens (tertiary/aromatic N) is 3. The van der Waals surface area contributed by atoms with E-state index in [-0.39, 0.29) is 37.4 Å². The second-order valence-electron chi connectivity index (χ2n) is 12.3. The Morgan fingerprint density at radius 2 is 1.20 bits per heavy atom. The molecule has 1 aromatic rings. The van der Waals surface area contributed by atoms with Crippen LogP contribution in [0, 0.1) is 0 Å². The van der Waals surface area contributed by atoms with Crippen LogP contribution in [0.15, 0.2) is 6.20 Å². The molecule has 0 spiro atoms. The first-order valence-corrected chi connectivity index (χ1v) is 17.6. The molecule has 0 aromatic carbocycles. The second-order valence-corrected chi connectivity index (χ2v) is 12.3. The molecule has 1 aromatic heterocycles. The first kappa shape index (κ1) is 40.7. The van der Waals surface area contributed by atoms with Gasteiger partial charge in [-0.3, -0.25) is 19.1 Å². The predicted octanol–water partition coefficient (Wildman–Crippen LogP) is 5.76. The van der Waals surface area contributed by atoms with Crippen molar-refractivity contribution in [2.45, 2.75) is 174 Å². The molecule has 4 N–H and O–H groups in total. The number of amides is 2. The number of carboxylic acids is 2. The number of aromatic nitrogens is 3. The molecule has 0 saturated carbocycles. The van der Waals surface area contributed by atoms with E-state index in [0.29, 0.717) is 45.1 Å². The molecule has 0 aliphatic heterocycles. The van der Waals surface area contributed by atoms with E-state index in [1.807, 2.05) is 6.92 Å². The Balaban J connectivity index is 2.23. The molecule has 0 bridgehead atoms. The van der Waals surface area contributed by atoms with Gasteiger partial charge in [-0.15, -0.1) is 5.10 Å². The maximum Gasteiger partial charge on any atom is 0.326 e. The van der Waals surface area contributed by atoms with Gasteiger partial charge in [0.05, 0.1) is 5.69 Å². The Bertz CT molecular complexity index is 1030. The fraction of sp³-hybridized carbons (Fsp3) is 0.794. The molecule has 1 rings (SSSR count). The fourth-order valence-corrected chi connectivity index (χ4v) is 5.26. The first-order valence-electron chi connectivity index (χ1n) is 17.6. The van der Waals surface area contributed by atoms with Crippen LogP contribution in [-0.2, 0) is 36.9 Å². The van der Waals surface area contributed by atoms with Crippen LogP contribution in [0.2, 0.25) is 0 Å². The van der Waals surface area contributed by atoms with Gasteiger partial charge in [0.15, 0.2) is 0 Å². The number of aryl methyl sites for hydroxylation is 2. The van der Waals surface area contributed by atoms with Crippen molar-refractivity contribution in [2.75, 3.05) is 0 Å². The number of Topliss-reactive ketones (excluding diaryl/α,β-unsaturated/α-hetero) is 1. The number of hydrogen-bond donors (Lipinski definition) is 4. The number of nitrogens with one attached hydrogen (secondary N) is 2. The van der Waals surface area contributed by atoms with Crippen LogP contribution in [0.1, 0.15) is 154 Å². The molecule has 46 heavy (non-hydrogen) atoms. The number of hydrogen-bond acceptors (Lipinski definition) is 7. The molecule has 12 heteroatoms. The molecule has 1 heterocycles. The highest BCUT2D eigenvalue weighted by atomic mass is 16.4. The van der Waals surface area contributed by atoms with Gasteiger partial charge in [-0.2, -0.15) is 0 Å². The van der Waals surface area contributed by atoms with E-state index in [4.69, 9.17) is 0 Å². The highest BCUT2D eigenvalue weighted by Crippen LogP contribution is 2.13. The quantitative estimate of drug-likeness (QED) is 0.0753. The normalized spacial score (nSPS) is 12.4. The number of aliphatic carboxylic acids is 2. The molecule has 0 aliphatic rings. The van der Waals surface area contributed by atoms with Crippen LogP contribution >= 0.6 is 0 Å². The summed E-state index contributed by atoms with van der Waals surface area (Å²) in [5.74, 6) is -3.16. The summed E-state index contributed by atoms with van der Waals surface area (Å²) < 4.78 is 1.65. The van der Waals surface area contributed by atoms with Crippen molar-refractivity contribution in [3.05, 3.63) is 11.9 Å². The molecular formula is C34H59N5O7. The zero-order valence-electron chi connectivity index (χ0n) is 28.3. The molecule has 2 amide bonds. The number of ketones is 1. The Kier molecular flexibility index (Phi) is 22.9. The minimum atomic E-state index is -1.23. The molecule has 2 atom stereocenters. The van der Waals surface area contributed by atoms with Crippen LogP contribution in [0.25, 0.3) is 0 Å². The summed E-state index contributed by atoms with van der Waals surface area (Å²) in [5.41, 5.74) is 0.730. The SMILES string of the molecule is CCCCCCCCCCCCCCCC(=O)N[C@@H](CCC(=O)N[C@@H](CCCCn1cc(CCC(=O)CC)nn1)C(=O)O)C(=O)O. The molecule has 0 radical (unpaired) electrons. The number of rotatable bonds is 30. The lowest BCUT2D eigenvalue weighted by atomic mass is 10.0. The van der Waals surface area contributed by atoms with Crippen molar-refractivity contribution in [1.82, 2.24) is 25.6 Å². The Labute approximate surface area is 274 Å².